The number of alkyl carbamates (subject to hydrolysis) is 1. The van der Waals surface area contributed by atoms with Crippen molar-refractivity contribution in [2.24, 2.45) is 0 Å². The summed E-state index contributed by atoms with van der Waals surface area (Å²) in [4.78, 5) is 47.6. The zero-order valence-electron chi connectivity index (χ0n) is 13.8. The number of rotatable bonds is 7. The summed E-state index contributed by atoms with van der Waals surface area (Å²) in [7, 11) is 2.72. The van der Waals surface area contributed by atoms with Gasteiger partial charge in [0.2, 0.25) is 11.6 Å². The van der Waals surface area contributed by atoms with E-state index in [1.807, 2.05) is 0 Å². The number of methoxy groups -OCH3 is 1. The van der Waals surface area contributed by atoms with Gasteiger partial charge in [0.25, 0.3) is 5.91 Å². The molecule has 2 amide bonds. The highest BCUT2D eigenvalue weighted by Gasteiger charge is 2.33. The number of carbonyl (C=O) groups is 4. The molecule has 0 fully saturated rings. The number of fused-ring (bicyclic) bond motifs is 1. The van der Waals surface area contributed by atoms with Gasteiger partial charge in [-0.3, -0.25) is 19.5 Å². The van der Waals surface area contributed by atoms with E-state index in [0.29, 0.717) is 18.7 Å². The summed E-state index contributed by atoms with van der Waals surface area (Å²) in [6, 6.07) is 0. The number of amides is 2. The number of nitrogens with zero attached hydrogens (tertiary/aromatic N) is 1. The van der Waals surface area contributed by atoms with Crippen molar-refractivity contribution in [3.8, 4) is 0 Å². The molecule has 10 heteroatoms. The van der Waals surface area contributed by atoms with Crippen LogP contribution in [0.3, 0.4) is 0 Å². The second-order valence-electron chi connectivity index (χ2n) is 5.08. The number of allylic oxidation sites excluding steroid dienone is 2. The molecule has 0 unspecified atom stereocenters. The Kier molecular flexibility index (Phi) is 6.34. The second-order valence-corrected chi connectivity index (χ2v) is 6.21. The maximum absolute atomic E-state index is 12.6. The van der Waals surface area contributed by atoms with Crippen molar-refractivity contribution in [3.05, 3.63) is 27.9 Å². The number of thioether (sulfide) groups is 1. The van der Waals surface area contributed by atoms with Gasteiger partial charge in [-0.05, 0) is 18.6 Å². The lowest BCUT2D eigenvalue weighted by molar-refractivity contribution is 0.0945. The zero-order valence-corrected chi connectivity index (χ0v) is 14.6. The van der Waals surface area contributed by atoms with Crippen LogP contribution >= 0.6 is 11.8 Å². The lowest BCUT2D eigenvalue weighted by atomic mass is 9.99. The monoisotopic (exact) mass is 366 g/mol. The summed E-state index contributed by atoms with van der Waals surface area (Å²) < 4.78 is 4.46. The Morgan fingerprint density at radius 1 is 1.32 bits per heavy atom. The highest BCUT2D eigenvalue weighted by Crippen LogP contribution is 2.29. The molecular formula is C15H18N4O5S. The van der Waals surface area contributed by atoms with Crippen LogP contribution in [0.15, 0.2) is 11.0 Å². The molecule has 0 saturated carbocycles. The van der Waals surface area contributed by atoms with Crippen LogP contribution in [-0.2, 0) is 4.74 Å². The maximum Gasteiger partial charge on any atom is 0.406 e. The van der Waals surface area contributed by atoms with Crippen LogP contribution in [0.1, 0.15) is 44.2 Å². The van der Waals surface area contributed by atoms with E-state index >= 15 is 0 Å². The van der Waals surface area contributed by atoms with E-state index in [1.165, 1.54) is 32.0 Å². The number of carbonyl (C=O) groups excluding carboxylic acids is 4. The number of Topliss-reactive ketones (excluding diaryl/α,β-unsaturated/α-hetero) is 1. The van der Waals surface area contributed by atoms with Gasteiger partial charge in [0, 0.05) is 19.7 Å². The van der Waals surface area contributed by atoms with Crippen molar-refractivity contribution < 1.29 is 23.9 Å². The van der Waals surface area contributed by atoms with E-state index in [2.05, 4.69) is 25.6 Å². The van der Waals surface area contributed by atoms with Gasteiger partial charge in [0.05, 0.1) is 17.6 Å². The van der Waals surface area contributed by atoms with Gasteiger partial charge in [-0.2, -0.15) is 5.10 Å². The summed E-state index contributed by atoms with van der Waals surface area (Å²) in [5.41, 5.74) is -0.0266. The molecule has 0 atom stereocenters. The molecule has 9 nitrogen and oxygen atoms in total. The lowest BCUT2D eigenvalue weighted by Gasteiger charge is -2.12. The average molecular weight is 366 g/mol. The fraction of sp³-hybridized carbons (Fsp3) is 0.400. The largest absolute Gasteiger partial charge is 0.453 e. The average Bonchev–Trinajstić information content (AvgIpc) is 3.06. The summed E-state index contributed by atoms with van der Waals surface area (Å²) in [5, 5.41) is 11.2. The topological polar surface area (TPSA) is 130 Å². The molecule has 25 heavy (non-hydrogen) atoms. The van der Waals surface area contributed by atoms with Crippen LogP contribution in [0.2, 0.25) is 0 Å². The summed E-state index contributed by atoms with van der Waals surface area (Å²) in [6.07, 6.45) is 2.21. The Balaban J connectivity index is 1.94. The van der Waals surface area contributed by atoms with Gasteiger partial charge in [-0.1, -0.05) is 0 Å². The number of hydrogen-bond acceptors (Lipinski definition) is 7. The van der Waals surface area contributed by atoms with Gasteiger partial charge in [0.15, 0.2) is 5.69 Å². The number of ether oxygens (including phenoxy) is 1. The molecule has 0 saturated heterocycles. The smallest absolute Gasteiger partial charge is 0.406 e. The van der Waals surface area contributed by atoms with Crippen molar-refractivity contribution >= 4 is 35.3 Å². The predicted molar refractivity (Wildman–Crippen MR) is 90.8 cm³/mol. The first-order valence-electron chi connectivity index (χ1n) is 7.55. The fourth-order valence-electron chi connectivity index (χ4n) is 2.18. The second kappa shape index (κ2) is 8.47. The zero-order chi connectivity index (χ0) is 18.4. The molecule has 0 aliphatic heterocycles. The molecule has 1 heterocycles. The molecule has 1 aliphatic rings. The van der Waals surface area contributed by atoms with Crippen LogP contribution in [0.5, 0.6) is 0 Å². The third-order valence-electron chi connectivity index (χ3n) is 3.45. The Morgan fingerprint density at radius 2 is 2.08 bits per heavy atom. The number of aromatic nitrogens is 2. The van der Waals surface area contributed by atoms with E-state index in [4.69, 9.17) is 0 Å². The van der Waals surface area contributed by atoms with E-state index in [-0.39, 0.29) is 33.4 Å². The van der Waals surface area contributed by atoms with Crippen molar-refractivity contribution in [2.45, 2.75) is 12.8 Å². The van der Waals surface area contributed by atoms with E-state index < -0.39 is 12.0 Å². The Labute approximate surface area is 147 Å². The van der Waals surface area contributed by atoms with Crippen molar-refractivity contribution in [2.75, 3.05) is 26.5 Å². The Hall–Kier alpha value is -2.62. The Morgan fingerprint density at radius 3 is 2.76 bits per heavy atom. The number of aromatic amines is 1. The van der Waals surface area contributed by atoms with Crippen LogP contribution in [-0.4, -0.2) is 60.2 Å². The van der Waals surface area contributed by atoms with Gasteiger partial charge < -0.3 is 15.4 Å². The first kappa shape index (κ1) is 18.7. The molecule has 3 N–H and O–H groups in total. The summed E-state index contributed by atoms with van der Waals surface area (Å²) in [6.45, 7) is 0.464. The standard InChI is InChI=1S/C15H18N4O5S/c1-16-14(22)12-10-11(18-19-12)8(20)7-9(13(10)21)25-6-4-3-5-17-15(23)24-2/h7H,3-6H2,1-2H3,(H,16,22)(H,17,23)(H,18,19). The van der Waals surface area contributed by atoms with Crippen LogP contribution in [0.4, 0.5) is 4.79 Å². The summed E-state index contributed by atoms with van der Waals surface area (Å²) in [5.74, 6) is -0.707. The molecule has 2 rings (SSSR count). The number of nitrogens with one attached hydrogen (secondary N) is 3. The molecule has 0 spiro atoms. The van der Waals surface area contributed by atoms with Gasteiger partial charge in [0.1, 0.15) is 5.69 Å². The van der Waals surface area contributed by atoms with Crippen LogP contribution in [0, 0.1) is 0 Å². The number of ketones is 2. The van der Waals surface area contributed by atoms with Gasteiger partial charge in [-0.15, -0.1) is 11.8 Å². The van der Waals surface area contributed by atoms with Crippen LogP contribution in [0.25, 0.3) is 0 Å². The minimum absolute atomic E-state index is 0.0155. The molecule has 0 radical (unpaired) electrons. The number of hydrogen-bond donors (Lipinski definition) is 3. The molecule has 1 aromatic rings. The predicted octanol–water partition coefficient (Wildman–Crippen LogP) is 0.902. The Bertz CT molecular complexity index is 740. The number of H-pyrrole nitrogens is 1. The highest BCUT2D eigenvalue weighted by molar-refractivity contribution is 8.04. The third-order valence-corrected chi connectivity index (χ3v) is 4.56. The quantitative estimate of drug-likeness (QED) is 0.611. The fourth-order valence-corrected chi connectivity index (χ4v) is 3.17. The maximum atomic E-state index is 12.6. The number of unbranched alkanes of at least 4 members (excludes halogenated alkanes) is 1. The lowest BCUT2D eigenvalue weighted by Crippen LogP contribution is -2.24. The van der Waals surface area contributed by atoms with E-state index in [0.717, 1.165) is 6.42 Å². The first-order valence-corrected chi connectivity index (χ1v) is 8.54. The first-order chi connectivity index (χ1) is 12.0. The molecular weight excluding hydrogens is 348 g/mol. The normalized spacial score (nSPS) is 13.1. The van der Waals surface area contributed by atoms with Gasteiger partial charge >= 0.3 is 6.09 Å². The molecule has 1 aromatic heterocycles. The van der Waals surface area contributed by atoms with E-state index in [1.54, 1.807) is 0 Å². The molecule has 134 valence electrons. The van der Waals surface area contributed by atoms with Gasteiger partial charge in [-0.25, -0.2) is 4.79 Å². The SMILES string of the molecule is CNC(=O)c1n[nH]c2c1C(=O)C(SCCCCNC(=O)OC)=CC2=O. The third kappa shape index (κ3) is 4.27. The minimum atomic E-state index is -0.529. The minimum Gasteiger partial charge on any atom is -0.453 e. The van der Waals surface area contributed by atoms with Crippen molar-refractivity contribution in [1.82, 2.24) is 20.8 Å². The van der Waals surface area contributed by atoms with E-state index in [9.17, 15) is 19.2 Å². The van der Waals surface area contributed by atoms with Crippen molar-refractivity contribution in [3.63, 3.8) is 0 Å². The van der Waals surface area contributed by atoms with Crippen molar-refractivity contribution in [1.29, 1.82) is 0 Å². The summed E-state index contributed by atoms with van der Waals surface area (Å²) >= 11 is 1.24. The van der Waals surface area contributed by atoms with Crippen LogP contribution < -0.4 is 10.6 Å². The molecule has 0 aromatic carbocycles. The molecule has 0 bridgehead atoms. The highest BCUT2D eigenvalue weighted by atomic mass is 32.2. The molecule has 1 aliphatic carbocycles.